The number of benzene rings is 2. The van der Waals surface area contributed by atoms with E-state index in [1.54, 1.807) is 43.3 Å². The third-order valence-corrected chi connectivity index (χ3v) is 3.92. The maximum atomic E-state index is 12.8. The van der Waals surface area contributed by atoms with Crippen molar-refractivity contribution in [2.24, 2.45) is 5.10 Å². The van der Waals surface area contributed by atoms with Gasteiger partial charge in [0.05, 0.1) is 17.0 Å². The third kappa shape index (κ3) is 3.75. The van der Waals surface area contributed by atoms with E-state index in [0.29, 0.717) is 33.3 Å². The lowest BCUT2D eigenvalue weighted by atomic mass is 10.1. The topological polar surface area (TPSA) is 79.2 Å². The molecular weight excluding hydrogens is 356 g/mol. The minimum Gasteiger partial charge on any atom is -0.481 e. The first-order chi connectivity index (χ1) is 12.5. The third-order valence-electron chi connectivity index (χ3n) is 3.69. The highest BCUT2D eigenvalue weighted by molar-refractivity contribution is 6.33. The van der Waals surface area contributed by atoms with E-state index in [0.717, 1.165) is 0 Å². The van der Waals surface area contributed by atoms with Gasteiger partial charge in [0, 0.05) is 10.6 Å². The molecule has 26 heavy (non-hydrogen) atoms. The van der Waals surface area contributed by atoms with Crippen LogP contribution in [0.2, 0.25) is 5.02 Å². The Bertz CT molecular complexity index is 922. The van der Waals surface area contributed by atoms with Crippen LogP contribution < -0.4 is 9.75 Å². The summed E-state index contributed by atoms with van der Waals surface area (Å²) >= 11 is 6.04. The lowest BCUT2D eigenvalue weighted by Crippen LogP contribution is -2.21. The fourth-order valence-electron chi connectivity index (χ4n) is 2.49. The molecule has 1 aliphatic heterocycles. The standard InChI is InChI=1S/C19H15ClN2O4/c1-12-16(19(25)22(21-12)15-5-3-2-4-6-15)10-13-9-14(20)7-8-17(13)26-11-18(23)24/h2-10H,11H2,1H3,(H,23,24)/b16-10+. The second-order valence-electron chi connectivity index (χ2n) is 5.56. The molecule has 2 aromatic carbocycles. The molecule has 0 unspecified atom stereocenters. The lowest BCUT2D eigenvalue weighted by molar-refractivity contribution is -0.139. The number of hydrogen-bond donors (Lipinski definition) is 1. The van der Waals surface area contributed by atoms with E-state index >= 15 is 0 Å². The van der Waals surface area contributed by atoms with Crippen LogP contribution in [0.15, 0.2) is 59.2 Å². The zero-order chi connectivity index (χ0) is 18.7. The highest BCUT2D eigenvalue weighted by Crippen LogP contribution is 2.29. The van der Waals surface area contributed by atoms with Gasteiger partial charge in [0.25, 0.3) is 5.91 Å². The minimum atomic E-state index is -1.09. The number of para-hydroxylation sites is 1. The van der Waals surface area contributed by atoms with Crippen molar-refractivity contribution in [3.05, 3.63) is 64.7 Å². The zero-order valence-corrected chi connectivity index (χ0v) is 14.6. The van der Waals surface area contributed by atoms with Gasteiger partial charge in [-0.25, -0.2) is 4.79 Å². The van der Waals surface area contributed by atoms with E-state index in [2.05, 4.69) is 5.10 Å². The van der Waals surface area contributed by atoms with Crippen LogP contribution in [-0.4, -0.2) is 29.3 Å². The first kappa shape index (κ1) is 17.7. The van der Waals surface area contributed by atoms with Crippen molar-refractivity contribution in [3.63, 3.8) is 0 Å². The van der Waals surface area contributed by atoms with E-state index in [1.165, 1.54) is 5.01 Å². The molecule has 0 aromatic heterocycles. The summed E-state index contributed by atoms with van der Waals surface area (Å²) < 4.78 is 5.28. The monoisotopic (exact) mass is 370 g/mol. The van der Waals surface area contributed by atoms with Crippen LogP contribution in [-0.2, 0) is 9.59 Å². The summed E-state index contributed by atoms with van der Waals surface area (Å²) in [4.78, 5) is 23.5. The van der Waals surface area contributed by atoms with Crippen molar-refractivity contribution in [3.8, 4) is 5.75 Å². The number of carbonyl (C=O) groups excluding carboxylic acids is 1. The zero-order valence-electron chi connectivity index (χ0n) is 13.8. The quantitative estimate of drug-likeness (QED) is 0.815. The van der Waals surface area contributed by atoms with Crippen molar-refractivity contribution >= 4 is 41.0 Å². The largest absolute Gasteiger partial charge is 0.481 e. The smallest absolute Gasteiger partial charge is 0.341 e. The number of ether oxygens (including phenoxy) is 1. The number of hydrazone groups is 1. The Balaban J connectivity index is 1.95. The number of carboxylic acid groups (broad SMARTS) is 1. The van der Waals surface area contributed by atoms with Crippen molar-refractivity contribution in [2.45, 2.75) is 6.92 Å². The molecule has 0 saturated heterocycles. The van der Waals surface area contributed by atoms with Crippen LogP contribution in [0.5, 0.6) is 5.75 Å². The second-order valence-corrected chi connectivity index (χ2v) is 6.00. The number of amides is 1. The lowest BCUT2D eigenvalue weighted by Gasteiger charge is -2.11. The first-order valence-electron chi connectivity index (χ1n) is 7.76. The van der Waals surface area contributed by atoms with Crippen LogP contribution in [0.25, 0.3) is 6.08 Å². The van der Waals surface area contributed by atoms with Gasteiger partial charge in [-0.15, -0.1) is 0 Å². The summed E-state index contributed by atoms with van der Waals surface area (Å²) in [6, 6.07) is 13.9. The van der Waals surface area contributed by atoms with E-state index in [1.807, 2.05) is 18.2 Å². The summed E-state index contributed by atoms with van der Waals surface area (Å²) in [5.41, 5.74) is 2.10. The van der Waals surface area contributed by atoms with Crippen LogP contribution in [0.1, 0.15) is 12.5 Å². The Kier molecular flexibility index (Phi) is 5.04. The summed E-state index contributed by atoms with van der Waals surface area (Å²) in [7, 11) is 0. The number of halogens is 1. The molecule has 1 N–H and O–H groups in total. The SMILES string of the molecule is CC1=NN(c2ccccc2)C(=O)/C1=C/c1cc(Cl)ccc1OCC(=O)O. The highest BCUT2D eigenvalue weighted by Gasteiger charge is 2.28. The molecule has 0 bridgehead atoms. The fourth-order valence-corrected chi connectivity index (χ4v) is 2.67. The Morgan fingerprint density at radius 3 is 2.69 bits per heavy atom. The van der Waals surface area contributed by atoms with Gasteiger partial charge in [-0.1, -0.05) is 29.8 Å². The summed E-state index contributed by atoms with van der Waals surface area (Å²) in [6.07, 6.45) is 1.60. The molecule has 0 radical (unpaired) electrons. The molecule has 0 atom stereocenters. The molecule has 0 spiro atoms. The highest BCUT2D eigenvalue weighted by atomic mass is 35.5. The number of rotatable bonds is 5. The Hall–Kier alpha value is -3.12. The molecule has 132 valence electrons. The number of carbonyl (C=O) groups is 2. The van der Waals surface area contributed by atoms with Crippen molar-refractivity contribution in [1.29, 1.82) is 0 Å². The minimum absolute atomic E-state index is 0.280. The van der Waals surface area contributed by atoms with Gasteiger partial charge in [-0.3, -0.25) is 4.79 Å². The maximum Gasteiger partial charge on any atom is 0.341 e. The second kappa shape index (κ2) is 7.41. The normalized spacial score (nSPS) is 15.3. The van der Waals surface area contributed by atoms with Crippen LogP contribution in [0, 0.1) is 0 Å². The maximum absolute atomic E-state index is 12.8. The molecule has 1 heterocycles. The average molecular weight is 371 g/mol. The van der Waals surface area contributed by atoms with Gasteiger partial charge in [0.2, 0.25) is 0 Å². The fraction of sp³-hybridized carbons (Fsp3) is 0.105. The molecule has 2 aromatic rings. The molecule has 7 heteroatoms. The van der Waals surface area contributed by atoms with E-state index in [4.69, 9.17) is 21.4 Å². The van der Waals surface area contributed by atoms with Gasteiger partial charge in [-0.2, -0.15) is 10.1 Å². The molecule has 0 saturated carbocycles. The van der Waals surface area contributed by atoms with Crippen LogP contribution in [0.3, 0.4) is 0 Å². The van der Waals surface area contributed by atoms with Gasteiger partial charge in [0.1, 0.15) is 5.75 Å². The summed E-state index contributed by atoms with van der Waals surface area (Å²) in [6.45, 7) is 1.24. The van der Waals surface area contributed by atoms with Crippen molar-refractivity contribution in [2.75, 3.05) is 11.6 Å². The van der Waals surface area contributed by atoms with Crippen LogP contribution in [0.4, 0.5) is 5.69 Å². The number of aliphatic carboxylic acids is 1. The Morgan fingerprint density at radius 2 is 2.00 bits per heavy atom. The molecule has 3 rings (SSSR count). The molecule has 0 fully saturated rings. The van der Waals surface area contributed by atoms with Crippen molar-refractivity contribution < 1.29 is 19.4 Å². The van der Waals surface area contributed by atoms with Gasteiger partial charge in [0.15, 0.2) is 6.61 Å². The van der Waals surface area contributed by atoms with Crippen LogP contribution >= 0.6 is 11.6 Å². The van der Waals surface area contributed by atoms with E-state index in [9.17, 15) is 9.59 Å². The molecule has 1 aliphatic rings. The predicted octanol–water partition coefficient (Wildman–Crippen LogP) is 3.61. The molecule has 0 aliphatic carbocycles. The molecule has 1 amide bonds. The van der Waals surface area contributed by atoms with E-state index < -0.39 is 12.6 Å². The van der Waals surface area contributed by atoms with Gasteiger partial charge < -0.3 is 9.84 Å². The predicted molar refractivity (Wildman–Crippen MR) is 99.6 cm³/mol. The number of carboxylic acids is 1. The number of hydrogen-bond acceptors (Lipinski definition) is 4. The van der Waals surface area contributed by atoms with Gasteiger partial charge >= 0.3 is 5.97 Å². The number of nitrogens with zero attached hydrogens (tertiary/aromatic N) is 2. The molecular formula is C19H15ClN2O4. The summed E-state index contributed by atoms with van der Waals surface area (Å²) in [5, 5.41) is 14.9. The van der Waals surface area contributed by atoms with E-state index in [-0.39, 0.29) is 5.91 Å². The Labute approximate surface area is 155 Å². The molecule has 6 nitrogen and oxygen atoms in total. The van der Waals surface area contributed by atoms with Gasteiger partial charge in [-0.05, 0) is 43.3 Å². The number of anilines is 1. The Morgan fingerprint density at radius 1 is 1.27 bits per heavy atom. The first-order valence-corrected chi connectivity index (χ1v) is 8.14. The van der Waals surface area contributed by atoms with Crippen molar-refractivity contribution in [1.82, 2.24) is 0 Å². The average Bonchev–Trinajstić information content (AvgIpc) is 2.90. The summed E-state index contributed by atoms with van der Waals surface area (Å²) in [5.74, 6) is -1.05.